The van der Waals surface area contributed by atoms with Crippen molar-refractivity contribution in [2.75, 3.05) is 69.7 Å². The highest BCUT2D eigenvalue weighted by atomic mass is 32.1. The van der Waals surface area contributed by atoms with Crippen LogP contribution in [0.1, 0.15) is 10.4 Å². The van der Waals surface area contributed by atoms with Crippen LogP contribution < -0.4 is 10.6 Å². The van der Waals surface area contributed by atoms with E-state index in [2.05, 4.69) is 15.9 Å². The smallest absolute Gasteiger partial charge is 0.248 e. The Morgan fingerprint density at radius 3 is 2.66 bits per heavy atom. The van der Waals surface area contributed by atoms with Gasteiger partial charge in [-0.05, 0) is 12.1 Å². The van der Waals surface area contributed by atoms with Gasteiger partial charge >= 0.3 is 0 Å². The number of nitrogens with one attached hydrogen (secondary N) is 1. The Morgan fingerprint density at radius 1 is 1.17 bits per heavy atom. The molecule has 2 aliphatic heterocycles. The maximum atomic E-state index is 11.8. The number of hydrogen-bond donors (Lipinski definition) is 3. The van der Waals surface area contributed by atoms with Gasteiger partial charge in [0.15, 0.2) is 11.6 Å². The molecule has 35 heavy (non-hydrogen) atoms. The number of hydrogen-bond acceptors (Lipinski definition) is 10. The molecule has 0 unspecified atom stereocenters. The number of aromatic nitrogens is 2. The van der Waals surface area contributed by atoms with Crippen LogP contribution in [0, 0.1) is 5.41 Å². The Bertz CT molecular complexity index is 1230. The van der Waals surface area contributed by atoms with Crippen molar-refractivity contribution in [1.29, 1.82) is 5.41 Å². The SMILES string of the molecule is N=Cc1c(N)cccc1-c1nc(N2CCOCC2)c2sc(CN3CCN(C(=O)CO)CC3)cc2n1. The number of piperazine rings is 1. The molecule has 1 aromatic carbocycles. The number of morpholine rings is 1. The van der Waals surface area contributed by atoms with E-state index >= 15 is 0 Å². The van der Waals surface area contributed by atoms with Crippen molar-refractivity contribution in [3.8, 4) is 11.4 Å². The lowest BCUT2D eigenvalue weighted by atomic mass is 10.1. The maximum absolute atomic E-state index is 11.8. The summed E-state index contributed by atoms with van der Waals surface area (Å²) in [5.74, 6) is 1.24. The Labute approximate surface area is 207 Å². The molecule has 5 rings (SSSR count). The average molecular weight is 496 g/mol. The van der Waals surface area contributed by atoms with E-state index in [0.717, 1.165) is 54.3 Å². The Balaban J connectivity index is 1.48. The molecular weight excluding hydrogens is 466 g/mol. The quantitative estimate of drug-likeness (QED) is 0.346. The van der Waals surface area contributed by atoms with E-state index in [9.17, 15) is 4.79 Å². The van der Waals surface area contributed by atoms with Gasteiger partial charge in [-0.2, -0.15) is 0 Å². The largest absolute Gasteiger partial charge is 0.398 e. The van der Waals surface area contributed by atoms with Gasteiger partial charge in [0.25, 0.3) is 0 Å². The first-order valence-electron chi connectivity index (χ1n) is 11.7. The van der Waals surface area contributed by atoms with Gasteiger partial charge in [0, 0.05) is 73.7 Å². The lowest BCUT2D eigenvalue weighted by molar-refractivity contribution is -0.135. The summed E-state index contributed by atoms with van der Waals surface area (Å²) in [7, 11) is 0. The van der Waals surface area contributed by atoms with Crippen LogP contribution in [0.15, 0.2) is 24.3 Å². The summed E-state index contributed by atoms with van der Waals surface area (Å²) >= 11 is 1.70. The zero-order chi connectivity index (χ0) is 24.4. The van der Waals surface area contributed by atoms with E-state index in [1.54, 1.807) is 22.3 Å². The summed E-state index contributed by atoms with van der Waals surface area (Å²) in [5.41, 5.74) is 8.90. The summed E-state index contributed by atoms with van der Waals surface area (Å²) in [6, 6.07) is 7.67. The number of carbonyl (C=O) groups excluding carboxylic acids is 1. The van der Waals surface area contributed by atoms with E-state index in [1.807, 2.05) is 12.1 Å². The standard InChI is InChI=1S/C24H29N7O3S/c25-13-18-17(2-1-3-19(18)26)23-27-20-12-16(14-29-4-6-30(7-5-29)21(33)15-32)35-22(20)24(28-23)31-8-10-34-11-9-31/h1-3,12-13,25,32H,4-11,14-15,26H2. The predicted molar refractivity (Wildman–Crippen MR) is 137 cm³/mol. The molecule has 2 fully saturated rings. The number of anilines is 2. The number of nitrogens with two attached hydrogens (primary N) is 1. The number of aliphatic hydroxyl groups excluding tert-OH is 1. The molecule has 184 valence electrons. The number of thiophene rings is 1. The number of fused-ring (bicyclic) bond motifs is 1. The monoisotopic (exact) mass is 495 g/mol. The molecular formula is C24H29N7O3S. The van der Waals surface area contributed by atoms with E-state index in [4.69, 9.17) is 31.0 Å². The normalized spacial score (nSPS) is 17.2. The van der Waals surface area contributed by atoms with Crippen molar-refractivity contribution in [3.63, 3.8) is 0 Å². The van der Waals surface area contributed by atoms with E-state index in [-0.39, 0.29) is 5.91 Å². The second kappa shape index (κ2) is 10.2. The van der Waals surface area contributed by atoms with Gasteiger partial charge in [-0.1, -0.05) is 12.1 Å². The molecule has 3 aromatic rings. The van der Waals surface area contributed by atoms with Crippen molar-refractivity contribution in [2.45, 2.75) is 6.54 Å². The first-order valence-corrected chi connectivity index (χ1v) is 12.5. The number of nitrogens with zero attached hydrogens (tertiary/aromatic N) is 5. The fourth-order valence-corrected chi connectivity index (χ4v) is 5.72. The number of carbonyl (C=O) groups is 1. The summed E-state index contributed by atoms with van der Waals surface area (Å²) < 4.78 is 6.60. The molecule has 1 amide bonds. The molecule has 0 radical (unpaired) electrons. The number of benzene rings is 1. The second-order valence-electron chi connectivity index (χ2n) is 8.67. The maximum Gasteiger partial charge on any atom is 0.248 e. The molecule has 0 saturated carbocycles. The van der Waals surface area contributed by atoms with Gasteiger partial charge in [-0.15, -0.1) is 11.3 Å². The zero-order valence-corrected chi connectivity index (χ0v) is 20.3. The van der Waals surface area contributed by atoms with Gasteiger partial charge in [-0.25, -0.2) is 9.97 Å². The zero-order valence-electron chi connectivity index (χ0n) is 19.4. The molecule has 10 nitrogen and oxygen atoms in total. The van der Waals surface area contributed by atoms with Crippen molar-refractivity contribution >= 4 is 45.2 Å². The Kier molecular flexibility index (Phi) is 6.91. The molecule has 2 saturated heterocycles. The van der Waals surface area contributed by atoms with Gasteiger partial charge in [0.05, 0.1) is 23.4 Å². The molecule has 4 heterocycles. The molecule has 4 N–H and O–H groups in total. The highest BCUT2D eigenvalue weighted by Crippen LogP contribution is 2.36. The minimum atomic E-state index is -0.436. The minimum absolute atomic E-state index is 0.213. The predicted octanol–water partition coefficient (Wildman–Crippen LogP) is 1.41. The summed E-state index contributed by atoms with van der Waals surface area (Å²) in [6.45, 7) is 5.92. The highest BCUT2D eigenvalue weighted by Gasteiger charge is 2.24. The van der Waals surface area contributed by atoms with Crippen LogP contribution in [0.25, 0.3) is 21.6 Å². The van der Waals surface area contributed by atoms with Crippen LogP contribution in [-0.4, -0.2) is 96.1 Å². The third kappa shape index (κ3) is 4.85. The number of ether oxygens (including phenoxy) is 1. The summed E-state index contributed by atoms with van der Waals surface area (Å²) in [5, 5.41) is 17.0. The summed E-state index contributed by atoms with van der Waals surface area (Å²) in [6.07, 6.45) is 1.26. The van der Waals surface area contributed by atoms with E-state index in [0.29, 0.717) is 43.4 Å². The first-order chi connectivity index (χ1) is 17.1. The number of rotatable bonds is 6. The van der Waals surface area contributed by atoms with Crippen molar-refractivity contribution < 1.29 is 14.6 Å². The minimum Gasteiger partial charge on any atom is -0.398 e. The first kappa shape index (κ1) is 23.6. The topological polar surface area (TPSA) is 132 Å². The van der Waals surface area contributed by atoms with Crippen molar-refractivity contribution in [3.05, 3.63) is 34.7 Å². The second-order valence-corrected chi connectivity index (χ2v) is 9.80. The molecule has 2 aromatic heterocycles. The molecule has 11 heteroatoms. The number of amides is 1. The van der Waals surface area contributed by atoms with Crippen molar-refractivity contribution in [2.24, 2.45) is 0 Å². The fourth-order valence-electron chi connectivity index (χ4n) is 4.57. The molecule has 2 aliphatic rings. The van der Waals surface area contributed by atoms with Crippen LogP contribution in [0.2, 0.25) is 0 Å². The number of nitrogen functional groups attached to an aromatic ring is 1. The van der Waals surface area contributed by atoms with E-state index < -0.39 is 6.61 Å². The molecule has 0 atom stereocenters. The van der Waals surface area contributed by atoms with Crippen molar-refractivity contribution in [1.82, 2.24) is 19.8 Å². The molecule has 0 bridgehead atoms. The Hall–Kier alpha value is -3.12. The van der Waals surface area contributed by atoms with Gasteiger partial charge in [0.2, 0.25) is 5.91 Å². The van der Waals surface area contributed by atoms with Crippen LogP contribution in [0.5, 0.6) is 0 Å². The molecule has 0 spiro atoms. The van der Waals surface area contributed by atoms with Crippen LogP contribution in [0.3, 0.4) is 0 Å². The lowest BCUT2D eigenvalue weighted by Gasteiger charge is -2.34. The lowest BCUT2D eigenvalue weighted by Crippen LogP contribution is -2.49. The fraction of sp³-hybridized carbons (Fsp3) is 0.417. The van der Waals surface area contributed by atoms with Gasteiger partial charge < -0.3 is 30.8 Å². The highest BCUT2D eigenvalue weighted by molar-refractivity contribution is 7.19. The average Bonchev–Trinajstić information content (AvgIpc) is 3.30. The van der Waals surface area contributed by atoms with Crippen LogP contribution >= 0.6 is 11.3 Å². The third-order valence-electron chi connectivity index (χ3n) is 6.48. The summed E-state index contributed by atoms with van der Waals surface area (Å²) in [4.78, 5) is 29.1. The van der Waals surface area contributed by atoms with Crippen LogP contribution in [0.4, 0.5) is 11.5 Å². The van der Waals surface area contributed by atoms with Crippen LogP contribution in [-0.2, 0) is 16.1 Å². The third-order valence-corrected chi connectivity index (χ3v) is 7.59. The Morgan fingerprint density at radius 2 is 1.94 bits per heavy atom. The van der Waals surface area contributed by atoms with E-state index in [1.165, 1.54) is 11.1 Å². The molecule has 0 aliphatic carbocycles. The number of aliphatic hydroxyl groups is 1. The van der Waals surface area contributed by atoms with Gasteiger partial charge in [-0.3, -0.25) is 9.69 Å². The van der Waals surface area contributed by atoms with Gasteiger partial charge in [0.1, 0.15) is 6.61 Å².